The smallest absolute Gasteiger partial charge is 0.00201 e. The molecule has 82 heavy (non-hydrogen) atoms. The minimum atomic E-state index is 1.21. The maximum Gasteiger partial charge on any atom is -0.00201 e. The van der Waals surface area contributed by atoms with Crippen LogP contribution in [0, 0.1) is 0 Å². The molecule has 0 heterocycles. The van der Waals surface area contributed by atoms with Crippen molar-refractivity contribution in [3.05, 3.63) is 303 Å². The first-order chi connectivity index (χ1) is 40.7. The number of hydrogen-bond donors (Lipinski definition) is 0. The Morgan fingerprint density at radius 3 is 0.634 bits per heavy atom. The van der Waals surface area contributed by atoms with E-state index < -0.39 is 0 Å². The van der Waals surface area contributed by atoms with E-state index >= 15 is 0 Å². The van der Waals surface area contributed by atoms with E-state index in [0.29, 0.717) is 0 Å². The Hall–Kier alpha value is -10.7. The van der Waals surface area contributed by atoms with Crippen LogP contribution >= 0.6 is 0 Å². The SMILES string of the molecule is c1ccc2cc(-c3c4ccccc4c(-c4ccc5cccc(-c6c7ccccc7c(-c7cccc8ccc(-c9c%10ccccc%10c(-c%10ccc%11ccccc%11c%10)c%10ccccc9%10)cc78)c7ccccc67)c5c4)c4ccccc34)ccc2c1. The van der Waals surface area contributed by atoms with Crippen LogP contribution in [0.1, 0.15) is 0 Å². The van der Waals surface area contributed by atoms with Gasteiger partial charge in [-0.2, -0.15) is 0 Å². The summed E-state index contributed by atoms with van der Waals surface area (Å²) >= 11 is 0. The van der Waals surface area contributed by atoms with Crippen molar-refractivity contribution >= 4 is 108 Å². The lowest BCUT2D eigenvalue weighted by Crippen LogP contribution is -1.94. The molecule has 378 valence electrons. The fourth-order valence-electron chi connectivity index (χ4n) is 14.2. The van der Waals surface area contributed by atoms with Crippen molar-refractivity contribution in [3.63, 3.8) is 0 Å². The summed E-state index contributed by atoms with van der Waals surface area (Å²) < 4.78 is 0. The van der Waals surface area contributed by atoms with Gasteiger partial charge in [0.2, 0.25) is 0 Å². The van der Waals surface area contributed by atoms with Crippen molar-refractivity contribution in [1.82, 2.24) is 0 Å². The largest absolute Gasteiger partial charge is 0.0616 e. The van der Waals surface area contributed by atoms with Crippen molar-refractivity contribution in [3.8, 4) is 66.8 Å². The topological polar surface area (TPSA) is 0 Å². The van der Waals surface area contributed by atoms with Gasteiger partial charge in [0, 0.05) is 0 Å². The van der Waals surface area contributed by atoms with Gasteiger partial charge in [0.25, 0.3) is 0 Å². The van der Waals surface area contributed by atoms with Crippen LogP contribution in [0.3, 0.4) is 0 Å². The molecule has 0 aromatic heterocycles. The van der Waals surface area contributed by atoms with Gasteiger partial charge in [-0.05, 0) is 199 Å². The Balaban J connectivity index is 0.867. The zero-order valence-electron chi connectivity index (χ0n) is 44.9. The predicted molar refractivity (Wildman–Crippen MR) is 354 cm³/mol. The van der Waals surface area contributed by atoms with Crippen LogP contribution in [0.4, 0.5) is 0 Å². The summed E-state index contributed by atoms with van der Waals surface area (Å²) in [5.41, 5.74) is 14.9. The summed E-state index contributed by atoms with van der Waals surface area (Å²) in [6.07, 6.45) is 0. The molecule has 0 N–H and O–H groups in total. The second kappa shape index (κ2) is 18.5. The van der Waals surface area contributed by atoms with E-state index in [1.54, 1.807) is 0 Å². The molecule has 17 aromatic rings. The highest BCUT2D eigenvalue weighted by molar-refractivity contribution is 6.28. The standard InChI is InChI=1S/C82H50/c1-3-21-55-47-57(43-39-51(55)19-1)77-61-25-5-9-29-65(61)79(66-30-10-6-26-62(66)77)59-45-41-53-23-17-37-73(75(53)49-59)81-69-33-13-15-35-71(69)82(72-36-16-14-34-70(72)81)74-38-18-24-54-42-46-60(50-76(54)74)80-67-31-11-7-27-63(67)78(64-28-8-12-32-68(64)80)58-44-40-52-20-2-4-22-56(52)48-58/h1-50H. The first-order valence-electron chi connectivity index (χ1n) is 28.6. The summed E-state index contributed by atoms with van der Waals surface area (Å²) in [4.78, 5) is 0. The third-order valence-electron chi connectivity index (χ3n) is 17.8. The van der Waals surface area contributed by atoms with Crippen molar-refractivity contribution in [2.75, 3.05) is 0 Å². The second-order valence-corrected chi connectivity index (χ2v) is 22.1. The highest BCUT2D eigenvalue weighted by atomic mass is 14.3. The molecule has 0 bridgehead atoms. The molecule has 0 radical (unpaired) electrons. The Morgan fingerprint density at radius 1 is 0.122 bits per heavy atom. The van der Waals surface area contributed by atoms with Crippen molar-refractivity contribution in [2.45, 2.75) is 0 Å². The van der Waals surface area contributed by atoms with Gasteiger partial charge in [-0.3, -0.25) is 0 Å². The molecule has 0 saturated carbocycles. The summed E-state index contributed by atoms with van der Waals surface area (Å²) in [7, 11) is 0. The monoisotopic (exact) mass is 1030 g/mol. The highest BCUT2D eigenvalue weighted by Crippen LogP contribution is 2.51. The van der Waals surface area contributed by atoms with Gasteiger partial charge in [0.15, 0.2) is 0 Å². The maximum atomic E-state index is 2.47. The second-order valence-electron chi connectivity index (χ2n) is 22.1. The van der Waals surface area contributed by atoms with Gasteiger partial charge in [-0.15, -0.1) is 0 Å². The van der Waals surface area contributed by atoms with Crippen molar-refractivity contribution in [2.24, 2.45) is 0 Å². The van der Waals surface area contributed by atoms with Crippen LogP contribution in [0.5, 0.6) is 0 Å². The Labute approximate surface area is 475 Å². The van der Waals surface area contributed by atoms with Crippen molar-refractivity contribution < 1.29 is 0 Å². The molecule has 0 saturated heterocycles. The van der Waals surface area contributed by atoms with Gasteiger partial charge in [-0.1, -0.05) is 279 Å². The van der Waals surface area contributed by atoms with E-state index in [-0.39, 0.29) is 0 Å². The first kappa shape index (κ1) is 46.3. The molecule has 0 aliphatic heterocycles. The first-order valence-corrected chi connectivity index (χ1v) is 28.6. The van der Waals surface area contributed by atoms with Gasteiger partial charge in [0.05, 0.1) is 0 Å². The van der Waals surface area contributed by atoms with Crippen LogP contribution in [0.25, 0.3) is 174 Å². The van der Waals surface area contributed by atoms with Crippen LogP contribution in [-0.2, 0) is 0 Å². The lowest BCUT2D eigenvalue weighted by molar-refractivity contribution is 1.66. The van der Waals surface area contributed by atoms with Crippen LogP contribution in [0.15, 0.2) is 303 Å². The fourth-order valence-corrected chi connectivity index (χ4v) is 14.2. The molecule has 17 aromatic carbocycles. The van der Waals surface area contributed by atoms with E-state index in [1.807, 2.05) is 0 Å². The van der Waals surface area contributed by atoms with Crippen LogP contribution < -0.4 is 0 Å². The maximum absolute atomic E-state index is 2.47. The summed E-state index contributed by atoms with van der Waals surface area (Å²) in [6.45, 7) is 0. The van der Waals surface area contributed by atoms with E-state index in [0.717, 1.165) is 0 Å². The lowest BCUT2D eigenvalue weighted by atomic mass is 9.82. The normalized spacial score (nSPS) is 11.9. The number of fused-ring (bicyclic) bond motifs is 10. The zero-order valence-corrected chi connectivity index (χ0v) is 44.9. The molecule has 0 atom stereocenters. The zero-order chi connectivity index (χ0) is 53.8. The Morgan fingerprint density at radius 2 is 0.341 bits per heavy atom. The summed E-state index contributed by atoms with van der Waals surface area (Å²) in [5, 5.41) is 24.8. The Bertz CT molecular complexity index is 5010. The molecule has 0 unspecified atom stereocenters. The molecule has 17 rings (SSSR count). The van der Waals surface area contributed by atoms with E-state index in [9.17, 15) is 0 Å². The number of hydrogen-bond acceptors (Lipinski definition) is 0. The Kier molecular flexibility index (Phi) is 10.4. The molecule has 0 aliphatic rings. The summed E-state index contributed by atoms with van der Waals surface area (Å²) in [5.74, 6) is 0. The van der Waals surface area contributed by atoms with Crippen LogP contribution in [-0.4, -0.2) is 0 Å². The lowest BCUT2D eigenvalue weighted by Gasteiger charge is -2.21. The van der Waals surface area contributed by atoms with E-state index in [1.165, 1.54) is 174 Å². The molecule has 0 aliphatic carbocycles. The molecular weight excluding hydrogens is 985 g/mol. The van der Waals surface area contributed by atoms with Gasteiger partial charge in [0.1, 0.15) is 0 Å². The fraction of sp³-hybridized carbons (Fsp3) is 0. The third kappa shape index (κ3) is 7.12. The predicted octanol–water partition coefficient (Wildman–Crippen LogP) is 23.2. The highest BCUT2D eigenvalue weighted by Gasteiger charge is 2.23. The minimum Gasteiger partial charge on any atom is -0.0616 e. The number of benzene rings is 17. The molecule has 0 heteroatoms. The molecule has 0 spiro atoms. The molecule has 0 amide bonds. The molecule has 0 fully saturated rings. The molecule has 0 nitrogen and oxygen atoms in total. The summed E-state index contributed by atoms with van der Waals surface area (Å²) in [6, 6.07) is 114. The van der Waals surface area contributed by atoms with Crippen molar-refractivity contribution in [1.29, 1.82) is 0 Å². The van der Waals surface area contributed by atoms with Crippen LogP contribution in [0.2, 0.25) is 0 Å². The minimum absolute atomic E-state index is 1.21. The van der Waals surface area contributed by atoms with E-state index in [2.05, 4.69) is 303 Å². The quantitative estimate of drug-likeness (QED) is 0.146. The molecular formula is C82H50. The van der Waals surface area contributed by atoms with Gasteiger partial charge >= 0.3 is 0 Å². The van der Waals surface area contributed by atoms with Gasteiger partial charge in [-0.25, -0.2) is 0 Å². The van der Waals surface area contributed by atoms with E-state index in [4.69, 9.17) is 0 Å². The average Bonchev–Trinajstić information content (AvgIpc) is 3.63. The van der Waals surface area contributed by atoms with Gasteiger partial charge < -0.3 is 0 Å². The third-order valence-corrected chi connectivity index (χ3v) is 17.8. The average molecular weight is 1040 g/mol. The number of rotatable bonds is 6.